The van der Waals surface area contributed by atoms with Gasteiger partial charge in [0, 0.05) is 18.8 Å². The van der Waals surface area contributed by atoms with Crippen molar-refractivity contribution in [2.75, 3.05) is 11.4 Å². The zero-order valence-corrected chi connectivity index (χ0v) is 11.5. The normalized spacial score (nSPS) is 13.3. The predicted octanol–water partition coefficient (Wildman–Crippen LogP) is 3.26. The molecule has 2 aromatic rings. The average molecular weight is 267 g/mol. The van der Waals surface area contributed by atoms with Crippen LogP contribution >= 0.6 is 0 Å². The van der Waals surface area contributed by atoms with Crippen molar-refractivity contribution >= 4 is 11.7 Å². The number of rotatable bonds is 3. The number of hydrogen-bond donors (Lipinski definition) is 1. The highest BCUT2D eigenvalue weighted by Crippen LogP contribution is 2.32. The van der Waals surface area contributed by atoms with Gasteiger partial charge in [-0.2, -0.15) is 0 Å². The van der Waals surface area contributed by atoms with Crippen molar-refractivity contribution in [1.82, 2.24) is 0 Å². The molecule has 0 spiro atoms. The van der Waals surface area contributed by atoms with Crippen molar-refractivity contribution in [3.63, 3.8) is 0 Å². The van der Waals surface area contributed by atoms with E-state index in [1.54, 1.807) is 12.1 Å². The summed E-state index contributed by atoms with van der Waals surface area (Å²) in [4.78, 5) is 13.2. The fourth-order valence-corrected chi connectivity index (χ4v) is 2.87. The summed E-state index contributed by atoms with van der Waals surface area (Å²) in [7, 11) is 0. The van der Waals surface area contributed by atoms with E-state index in [2.05, 4.69) is 30.0 Å². The van der Waals surface area contributed by atoms with Gasteiger partial charge in [0.1, 0.15) is 0 Å². The summed E-state index contributed by atoms with van der Waals surface area (Å²) in [5, 5.41) is 8.92. The summed E-state index contributed by atoms with van der Waals surface area (Å²) in [5.41, 5.74) is 5.54. The van der Waals surface area contributed by atoms with Crippen LogP contribution in [-0.2, 0) is 13.0 Å². The predicted molar refractivity (Wildman–Crippen MR) is 79.3 cm³/mol. The Balaban J connectivity index is 1.82. The molecule has 0 saturated heterocycles. The Morgan fingerprint density at radius 3 is 2.65 bits per heavy atom. The van der Waals surface area contributed by atoms with Gasteiger partial charge >= 0.3 is 5.97 Å². The number of carboxylic acids is 1. The molecule has 3 nitrogen and oxygen atoms in total. The van der Waals surface area contributed by atoms with Gasteiger partial charge in [0.25, 0.3) is 0 Å². The topological polar surface area (TPSA) is 40.5 Å². The lowest BCUT2D eigenvalue weighted by molar-refractivity contribution is 0.0697. The molecule has 0 fully saturated rings. The molecule has 0 atom stereocenters. The van der Waals surface area contributed by atoms with Crippen LogP contribution in [0.2, 0.25) is 0 Å². The summed E-state index contributed by atoms with van der Waals surface area (Å²) in [6, 6.07) is 13.6. The van der Waals surface area contributed by atoms with Crippen LogP contribution < -0.4 is 4.90 Å². The number of fused-ring (bicyclic) bond motifs is 1. The first kappa shape index (κ1) is 12.7. The Kier molecular flexibility index (Phi) is 3.18. The van der Waals surface area contributed by atoms with Crippen molar-refractivity contribution in [3.8, 4) is 0 Å². The largest absolute Gasteiger partial charge is 0.478 e. The molecule has 1 heterocycles. The molecule has 1 aliphatic rings. The lowest BCUT2D eigenvalue weighted by atomic mass is 10.1. The van der Waals surface area contributed by atoms with Crippen molar-refractivity contribution in [1.29, 1.82) is 0 Å². The van der Waals surface area contributed by atoms with Crippen LogP contribution in [-0.4, -0.2) is 17.6 Å². The second kappa shape index (κ2) is 5.00. The smallest absolute Gasteiger partial charge is 0.335 e. The number of para-hydroxylation sites is 1. The number of nitrogens with zero attached hydrogens (tertiary/aromatic N) is 1. The first-order valence-corrected chi connectivity index (χ1v) is 6.81. The molecular weight excluding hydrogens is 250 g/mol. The quantitative estimate of drug-likeness (QED) is 0.928. The van der Waals surface area contributed by atoms with Gasteiger partial charge in [0.15, 0.2) is 0 Å². The Bertz CT molecular complexity index is 647. The average Bonchev–Trinajstić information content (AvgIpc) is 2.84. The van der Waals surface area contributed by atoms with Crippen molar-refractivity contribution in [3.05, 3.63) is 64.7 Å². The van der Waals surface area contributed by atoms with E-state index >= 15 is 0 Å². The van der Waals surface area contributed by atoms with E-state index in [1.165, 1.54) is 16.8 Å². The number of aryl methyl sites for hydroxylation is 1. The summed E-state index contributed by atoms with van der Waals surface area (Å²) < 4.78 is 0. The molecule has 0 aromatic heterocycles. The number of carboxylic acid groups (broad SMARTS) is 1. The van der Waals surface area contributed by atoms with Crippen LogP contribution in [0.1, 0.15) is 27.0 Å². The van der Waals surface area contributed by atoms with Gasteiger partial charge in [0.2, 0.25) is 0 Å². The maximum atomic E-state index is 10.9. The van der Waals surface area contributed by atoms with Gasteiger partial charge in [-0.3, -0.25) is 0 Å². The number of carbonyl (C=O) groups is 1. The fourth-order valence-electron chi connectivity index (χ4n) is 2.87. The van der Waals surface area contributed by atoms with Crippen LogP contribution in [0.3, 0.4) is 0 Å². The molecule has 102 valence electrons. The first-order chi connectivity index (χ1) is 9.65. The Hall–Kier alpha value is -2.29. The third kappa shape index (κ3) is 2.27. The second-order valence-corrected chi connectivity index (χ2v) is 5.26. The van der Waals surface area contributed by atoms with Gasteiger partial charge in [-0.1, -0.05) is 30.3 Å². The van der Waals surface area contributed by atoms with E-state index in [-0.39, 0.29) is 0 Å². The van der Waals surface area contributed by atoms with Crippen LogP contribution in [0.5, 0.6) is 0 Å². The Morgan fingerprint density at radius 2 is 1.95 bits per heavy atom. The number of benzene rings is 2. The minimum absolute atomic E-state index is 0.340. The number of hydrogen-bond acceptors (Lipinski definition) is 2. The molecule has 0 aliphatic carbocycles. The molecule has 2 aromatic carbocycles. The monoisotopic (exact) mass is 267 g/mol. The van der Waals surface area contributed by atoms with E-state index in [0.717, 1.165) is 25.1 Å². The molecular formula is C17H17NO2. The van der Waals surface area contributed by atoms with E-state index < -0.39 is 5.97 Å². The van der Waals surface area contributed by atoms with Crippen LogP contribution in [0.4, 0.5) is 5.69 Å². The van der Waals surface area contributed by atoms with Crippen molar-refractivity contribution in [2.24, 2.45) is 0 Å². The van der Waals surface area contributed by atoms with E-state index in [1.807, 2.05) is 12.1 Å². The summed E-state index contributed by atoms with van der Waals surface area (Å²) in [5.74, 6) is -0.876. The van der Waals surface area contributed by atoms with Crippen LogP contribution in [0.25, 0.3) is 0 Å². The molecule has 0 radical (unpaired) electrons. The molecule has 1 N–H and O–H groups in total. The van der Waals surface area contributed by atoms with E-state index in [4.69, 9.17) is 5.11 Å². The minimum Gasteiger partial charge on any atom is -0.478 e. The van der Waals surface area contributed by atoms with E-state index in [9.17, 15) is 4.79 Å². The lowest BCUT2D eigenvalue weighted by Gasteiger charge is -2.21. The van der Waals surface area contributed by atoms with Gasteiger partial charge in [-0.05, 0) is 42.2 Å². The molecule has 0 amide bonds. The highest BCUT2D eigenvalue weighted by atomic mass is 16.4. The minimum atomic E-state index is -0.876. The maximum Gasteiger partial charge on any atom is 0.335 e. The molecule has 0 unspecified atom stereocenters. The maximum absolute atomic E-state index is 10.9. The van der Waals surface area contributed by atoms with Crippen molar-refractivity contribution in [2.45, 2.75) is 19.9 Å². The molecule has 1 aliphatic heterocycles. The Labute approximate surface area is 118 Å². The standard InChI is InChI=1S/C17H17NO2/c1-12-3-2-4-14-9-10-18(16(12)14)11-13-5-7-15(8-6-13)17(19)20/h2-8H,9-11H2,1H3,(H,19,20). The zero-order chi connectivity index (χ0) is 14.1. The summed E-state index contributed by atoms with van der Waals surface area (Å²) in [6.45, 7) is 4.00. The van der Waals surface area contributed by atoms with Gasteiger partial charge < -0.3 is 10.0 Å². The second-order valence-electron chi connectivity index (χ2n) is 5.26. The highest BCUT2D eigenvalue weighted by Gasteiger charge is 2.20. The third-order valence-electron chi connectivity index (χ3n) is 3.86. The number of anilines is 1. The molecule has 3 rings (SSSR count). The molecule has 20 heavy (non-hydrogen) atoms. The summed E-state index contributed by atoms with van der Waals surface area (Å²) in [6.07, 6.45) is 1.09. The van der Waals surface area contributed by atoms with Gasteiger partial charge in [-0.25, -0.2) is 4.79 Å². The van der Waals surface area contributed by atoms with Crippen LogP contribution in [0.15, 0.2) is 42.5 Å². The lowest BCUT2D eigenvalue weighted by Crippen LogP contribution is -2.20. The zero-order valence-electron chi connectivity index (χ0n) is 11.5. The van der Waals surface area contributed by atoms with Crippen molar-refractivity contribution < 1.29 is 9.90 Å². The van der Waals surface area contributed by atoms with E-state index in [0.29, 0.717) is 5.56 Å². The first-order valence-electron chi connectivity index (χ1n) is 6.81. The molecule has 0 saturated carbocycles. The number of aromatic carboxylic acids is 1. The third-order valence-corrected chi connectivity index (χ3v) is 3.86. The van der Waals surface area contributed by atoms with Gasteiger partial charge in [-0.15, -0.1) is 0 Å². The fraction of sp³-hybridized carbons (Fsp3) is 0.235. The highest BCUT2D eigenvalue weighted by molar-refractivity contribution is 5.87. The van der Waals surface area contributed by atoms with Gasteiger partial charge in [0.05, 0.1) is 5.56 Å². The molecule has 3 heteroatoms. The summed E-state index contributed by atoms with van der Waals surface area (Å²) >= 11 is 0. The molecule has 0 bridgehead atoms. The Morgan fingerprint density at radius 1 is 1.20 bits per heavy atom. The van der Waals surface area contributed by atoms with Crippen LogP contribution in [0, 0.1) is 6.92 Å². The SMILES string of the molecule is Cc1cccc2c1N(Cc1ccc(C(=O)O)cc1)CC2.